The van der Waals surface area contributed by atoms with Gasteiger partial charge >= 0.3 is 0 Å². The van der Waals surface area contributed by atoms with Crippen LogP contribution in [0.15, 0.2) is 4.99 Å². The molecule has 132 valence electrons. The van der Waals surface area contributed by atoms with Gasteiger partial charge in [0, 0.05) is 46.5 Å². The number of methoxy groups -OCH3 is 1. The van der Waals surface area contributed by atoms with Crippen molar-refractivity contribution in [2.24, 2.45) is 4.99 Å². The number of alkyl halides is 1. The Morgan fingerprint density at radius 3 is 2.59 bits per heavy atom. The number of halogens is 2. The van der Waals surface area contributed by atoms with E-state index in [9.17, 15) is 4.39 Å². The number of likely N-dealkylation sites (tertiary alicyclic amines) is 1. The molecule has 1 fully saturated rings. The minimum atomic E-state index is -0.305. The van der Waals surface area contributed by atoms with Crippen LogP contribution in [0.1, 0.15) is 32.6 Å². The minimum Gasteiger partial charge on any atom is -0.385 e. The molecular formula is C15H31FIN3O2. The molecule has 1 rings (SSSR count). The Kier molecular flexibility index (Phi) is 14.3. The van der Waals surface area contributed by atoms with E-state index < -0.39 is 0 Å². The van der Waals surface area contributed by atoms with Gasteiger partial charge in [-0.2, -0.15) is 0 Å². The topological polar surface area (TPSA) is 46.1 Å². The highest BCUT2D eigenvalue weighted by atomic mass is 127. The van der Waals surface area contributed by atoms with Crippen LogP contribution in [0, 0.1) is 0 Å². The van der Waals surface area contributed by atoms with Crippen molar-refractivity contribution in [3.8, 4) is 0 Å². The van der Waals surface area contributed by atoms with E-state index in [-0.39, 0.29) is 30.7 Å². The molecule has 0 amide bonds. The molecule has 1 aliphatic rings. The van der Waals surface area contributed by atoms with Gasteiger partial charge in [-0.1, -0.05) is 0 Å². The van der Waals surface area contributed by atoms with E-state index in [0.717, 1.165) is 58.1 Å². The highest BCUT2D eigenvalue weighted by Gasteiger charge is 2.21. The van der Waals surface area contributed by atoms with Gasteiger partial charge in [0.1, 0.15) is 0 Å². The monoisotopic (exact) mass is 431 g/mol. The van der Waals surface area contributed by atoms with E-state index in [2.05, 4.69) is 22.1 Å². The zero-order valence-electron chi connectivity index (χ0n) is 13.9. The quantitative estimate of drug-likeness (QED) is 0.264. The maximum absolute atomic E-state index is 12.2. The fourth-order valence-corrected chi connectivity index (χ4v) is 2.36. The summed E-state index contributed by atoms with van der Waals surface area (Å²) in [6, 6.07) is 0. The summed E-state index contributed by atoms with van der Waals surface area (Å²) < 4.78 is 23.0. The molecule has 0 bridgehead atoms. The third-order valence-corrected chi connectivity index (χ3v) is 3.48. The fourth-order valence-electron chi connectivity index (χ4n) is 2.36. The third kappa shape index (κ3) is 9.09. The highest BCUT2D eigenvalue weighted by molar-refractivity contribution is 14.0. The van der Waals surface area contributed by atoms with Crippen molar-refractivity contribution in [1.82, 2.24) is 10.2 Å². The first-order valence-corrected chi connectivity index (χ1v) is 8.01. The second kappa shape index (κ2) is 14.4. The first kappa shape index (κ1) is 21.9. The van der Waals surface area contributed by atoms with Crippen LogP contribution < -0.4 is 5.32 Å². The second-order valence-corrected chi connectivity index (χ2v) is 5.18. The lowest BCUT2D eigenvalue weighted by Crippen LogP contribution is -2.47. The zero-order chi connectivity index (χ0) is 15.3. The molecule has 1 N–H and O–H groups in total. The molecule has 1 aliphatic heterocycles. The standard InChI is InChI=1S/C15H30FN3O2.HI/c1-3-17-15(18-9-4-8-16)19-10-6-14(7-11-19)21-13-5-12-20-2;/h14H,3-13H2,1-2H3,(H,17,18);1H. The molecule has 0 spiro atoms. The normalized spacial score (nSPS) is 16.5. The number of aliphatic imine (C=N–C) groups is 1. The summed E-state index contributed by atoms with van der Waals surface area (Å²) in [5.41, 5.74) is 0. The van der Waals surface area contributed by atoms with Gasteiger partial charge in [-0.25, -0.2) is 0 Å². The van der Waals surface area contributed by atoms with Crippen molar-refractivity contribution in [1.29, 1.82) is 0 Å². The molecule has 1 heterocycles. The van der Waals surface area contributed by atoms with Crippen LogP contribution in [-0.4, -0.2) is 70.1 Å². The van der Waals surface area contributed by atoms with E-state index in [1.165, 1.54) is 0 Å². The number of rotatable bonds is 9. The third-order valence-electron chi connectivity index (χ3n) is 3.48. The van der Waals surface area contributed by atoms with Crippen molar-refractivity contribution < 1.29 is 13.9 Å². The van der Waals surface area contributed by atoms with Crippen LogP contribution in [0.5, 0.6) is 0 Å². The molecule has 22 heavy (non-hydrogen) atoms. The van der Waals surface area contributed by atoms with Crippen LogP contribution in [0.4, 0.5) is 4.39 Å². The average molecular weight is 431 g/mol. The van der Waals surface area contributed by atoms with Crippen LogP contribution in [0.2, 0.25) is 0 Å². The van der Waals surface area contributed by atoms with E-state index in [1.54, 1.807) is 7.11 Å². The predicted molar refractivity (Wildman–Crippen MR) is 99.0 cm³/mol. The van der Waals surface area contributed by atoms with Crippen LogP contribution in [0.25, 0.3) is 0 Å². The van der Waals surface area contributed by atoms with Gasteiger partial charge in [-0.3, -0.25) is 9.38 Å². The van der Waals surface area contributed by atoms with Gasteiger partial charge in [-0.15, -0.1) is 24.0 Å². The predicted octanol–water partition coefficient (Wildman–Crippen LogP) is 2.45. The number of piperidine rings is 1. The SMILES string of the molecule is CCNC(=NCCCF)N1CCC(OCCCOC)CC1.I. The number of nitrogens with zero attached hydrogens (tertiary/aromatic N) is 2. The summed E-state index contributed by atoms with van der Waals surface area (Å²) in [5.74, 6) is 0.906. The summed E-state index contributed by atoms with van der Waals surface area (Å²) in [6.07, 6.45) is 3.81. The Labute approximate surface area is 151 Å². The van der Waals surface area contributed by atoms with Crippen molar-refractivity contribution in [3.63, 3.8) is 0 Å². The lowest BCUT2D eigenvalue weighted by molar-refractivity contribution is 0.00990. The van der Waals surface area contributed by atoms with Gasteiger partial charge < -0.3 is 19.7 Å². The summed E-state index contributed by atoms with van der Waals surface area (Å²) in [5, 5.41) is 3.28. The van der Waals surface area contributed by atoms with Crippen LogP contribution in [0.3, 0.4) is 0 Å². The smallest absolute Gasteiger partial charge is 0.193 e. The number of ether oxygens (including phenoxy) is 2. The molecular weight excluding hydrogens is 400 g/mol. The average Bonchev–Trinajstić information content (AvgIpc) is 2.52. The Morgan fingerprint density at radius 1 is 1.27 bits per heavy atom. The molecule has 0 atom stereocenters. The van der Waals surface area contributed by atoms with Gasteiger partial charge in [0.2, 0.25) is 0 Å². The Morgan fingerprint density at radius 2 is 2.00 bits per heavy atom. The molecule has 0 aromatic heterocycles. The van der Waals surface area contributed by atoms with Gasteiger partial charge in [-0.05, 0) is 32.6 Å². The first-order chi connectivity index (χ1) is 10.3. The summed E-state index contributed by atoms with van der Waals surface area (Å²) in [4.78, 5) is 6.72. The van der Waals surface area contributed by atoms with Crippen LogP contribution in [-0.2, 0) is 9.47 Å². The molecule has 0 aliphatic carbocycles. The van der Waals surface area contributed by atoms with E-state index >= 15 is 0 Å². The Balaban J connectivity index is 0.00000441. The molecule has 0 saturated carbocycles. The number of hydrogen-bond donors (Lipinski definition) is 1. The highest BCUT2D eigenvalue weighted by Crippen LogP contribution is 2.14. The zero-order valence-corrected chi connectivity index (χ0v) is 16.2. The largest absolute Gasteiger partial charge is 0.385 e. The molecule has 7 heteroatoms. The molecule has 0 aromatic rings. The molecule has 0 unspecified atom stereocenters. The van der Waals surface area contributed by atoms with Gasteiger partial charge in [0.05, 0.1) is 12.8 Å². The summed E-state index contributed by atoms with van der Waals surface area (Å²) in [6.45, 7) is 6.53. The molecule has 0 aromatic carbocycles. The summed E-state index contributed by atoms with van der Waals surface area (Å²) in [7, 11) is 1.71. The first-order valence-electron chi connectivity index (χ1n) is 8.01. The number of nitrogens with one attached hydrogen (secondary N) is 1. The Bertz CT molecular complexity index is 288. The van der Waals surface area contributed by atoms with Gasteiger partial charge in [0.15, 0.2) is 5.96 Å². The fraction of sp³-hybridized carbons (Fsp3) is 0.933. The van der Waals surface area contributed by atoms with E-state index in [4.69, 9.17) is 9.47 Å². The van der Waals surface area contributed by atoms with Crippen molar-refractivity contribution >= 4 is 29.9 Å². The summed E-state index contributed by atoms with van der Waals surface area (Å²) >= 11 is 0. The lowest BCUT2D eigenvalue weighted by atomic mass is 10.1. The molecule has 1 saturated heterocycles. The van der Waals surface area contributed by atoms with Crippen molar-refractivity contribution in [3.05, 3.63) is 0 Å². The molecule has 5 nitrogen and oxygen atoms in total. The second-order valence-electron chi connectivity index (χ2n) is 5.18. The lowest BCUT2D eigenvalue weighted by Gasteiger charge is -2.34. The maximum atomic E-state index is 12.2. The number of hydrogen-bond acceptors (Lipinski definition) is 3. The van der Waals surface area contributed by atoms with Crippen molar-refractivity contribution in [2.75, 3.05) is 53.2 Å². The van der Waals surface area contributed by atoms with Crippen LogP contribution >= 0.6 is 24.0 Å². The van der Waals surface area contributed by atoms with Crippen molar-refractivity contribution in [2.45, 2.75) is 38.7 Å². The molecule has 0 radical (unpaired) electrons. The Hall–Kier alpha value is -0.150. The minimum absolute atomic E-state index is 0. The van der Waals surface area contributed by atoms with E-state index in [0.29, 0.717) is 19.1 Å². The van der Waals surface area contributed by atoms with E-state index in [1.807, 2.05) is 0 Å². The number of guanidine groups is 1. The maximum Gasteiger partial charge on any atom is 0.193 e. The van der Waals surface area contributed by atoms with Gasteiger partial charge in [0.25, 0.3) is 0 Å².